The Balaban J connectivity index is 1.57. The zero-order valence-corrected chi connectivity index (χ0v) is 19.7. The molecule has 1 saturated heterocycles. The first-order valence-electron chi connectivity index (χ1n) is 10.8. The van der Waals surface area contributed by atoms with Crippen LogP contribution in [0.2, 0.25) is 0 Å². The summed E-state index contributed by atoms with van der Waals surface area (Å²) < 4.78 is 33.4. The van der Waals surface area contributed by atoms with E-state index in [2.05, 4.69) is 4.98 Å². The van der Waals surface area contributed by atoms with Crippen molar-refractivity contribution < 1.29 is 17.9 Å². The molecule has 0 N–H and O–H groups in total. The van der Waals surface area contributed by atoms with Gasteiger partial charge in [-0.2, -0.15) is 5.10 Å². The fraction of sp³-hybridized carbons (Fsp3) is 0.208. The molecule has 0 unspecified atom stereocenters. The van der Waals surface area contributed by atoms with Gasteiger partial charge in [-0.1, -0.05) is 30.3 Å². The van der Waals surface area contributed by atoms with Crippen LogP contribution in [-0.2, 0) is 20.3 Å². The number of nitrogens with zero attached hydrogens (tertiary/aromatic N) is 4. The third kappa shape index (κ3) is 3.46. The van der Waals surface area contributed by atoms with Gasteiger partial charge in [0, 0.05) is 41.4 Å². The van der Waals surface area contributed by atoms with Crippen LogP contribution < -0.4 is 0 Å². The molecule has 0 aliphatic carbocycles. The molecule has 0 saturated carbocycles. The zero-order chi connectivity index (χ0) is 23.3. The van der Waals surface area contributed by atoms with Crippen molar-refractivity contribution >= 4 is 27.1 Å². The summed E-state index contributed by atoms with van der Waals surface area (Å²) in [7, 11) is -3.61. The normalized spacial score (nSPS) is 16.6. The van der Waals surface area contributed by atoms with Crippen molar-refractivity contribution in [2.75, 3.05) is 26.3 Å². The summed E-state index contributed by atoms with van der Waals surface area (Å²) in [5.74, 6) is -0.541. The number of carbonyl (C=O) groups is 1. The standard InChI is InChI=1S/C24H20N4O4S2/c29-24(27-9-11-32-12-10-27)21-19-15-34(30,31)20-7-2-1-6-18(20)22(19)28(26-21)17-5-3-4-16(14-17)23-25-8-13-33-23/h1-8,13-14H,9-12,15H2. The molecular formula is C24H20N4O4S2. The first-order chi connectivity index (χ1) is 16.5. The van der Waals surface area contributed by atoms with E-state index in [0.29, 0.717) is 43.1 Å². The minimum atomic E-state index is -3.61. The maximum absolute atomic E-state index is 13.5. The molecule has 1 amide bonds. The lowest BCUT2D eigenvalue weighted by Gasteiger charge is -2.26. The van der Waals surface area contributed by atoms with E-state index in [0.717, 1.165) is 16.3 Å². The molecule has 2 aliphatic heterocycles. The molecule has 4 aromatic rings. The number of rotatable bonds is 3. The molecule has 0 atom stereocenters. The number of carbonyl (C=O) groups excluding carboxylic acids is 1. The second-order valence-corrected chi connectivity index (χ2v) is 11.0. The van der Waals surface area contributed by atoms with Gasteiger partial charge in [0.15, 0.2) is 15.5 Å². The third-order valence-electron chi connectivity index (χ3n) is 6.07. The maximum Gasteiger partial charge on any atom is 0.274 e. The monoisotopic (exact) mass is 492 g/mol. The van der Waals surface area contributed by atoms with Gasteiger partial charge in [-0.25, -0.2) is 18.1 Å². The number of thiazole rings is 1. The number of ether oxygens (including phenoxy) is 1. The predicted molar refractivity (Wildman–Crippen MR) is 128 cm³/mol. The zero-order valence-electron chi connectivity index (χ0n) is 18.0. The molecule has 0 radical (unpaired) electrons. The molecule has 6 rings (SSSR count). The molecule has 10 heteroatoms. The smallest absolute Gasteiger partial charge is 0.274 e. The number of morpholine rings is 1. The Hall–Kier alpha value is -3.34. The highest BCUT2D eigenvalue weighted by Gasteiger charge is 2.37. The highest BCUT2D eigenvalue weighted by molar-refractivity contribution is 7.90. The quantitative estimate of drug-likeness (QED) is 0.435. The molecule has 34 heavy (non-hydrogen) atoms. The van der Waals surface area contributed by atoms with Crippen molar-refractivity contribution in [2.45, 2.75) is 10.6 Å². The number of sulfone groups is 1. The molecule has 0 spiro atoms. The lowest BCUT2D eigenvalue weighted by atomic mass is 10.0. The fourth-order valence-electron chi connectivity index (χ4n) is 4.48. The summed E-state index contributed by atoms with van der Waals surface area (Å²) in [5, 5.41) is 7.51. The van der Waals surface area contributed by atoms with Crippen LogP contribution >= 0.6 is 11.3 Å². The SMILES string of the molecule is O=C(c1nn(-c2cccc(-c3nccs3)c2)c2c1CS(=O)(=O)c1ccccc1-2)N1CCOCC1. The van der Waals surface area contributed by atoms with E-state index in [1.807, 2.05) is 29.6 Å². The highest BCUT2D eigenvalue weighted by atomic mass is 32.2. The first-order valence-corrected chi connectivity index (χ1v) is 13.4. The van der Waals surface area contributed by atoms with Gasteiger partial charge < -0.3 is 9.64 Å². The van der Waals surface area contributed by atoms with Crippen LogP contribution in [0, 0.1) is 0 Å². The first kappa shape index (κ1) is 21.2. The molecule has 8 nitrogen and oxygen atoms in total. The lowest BCUT2D eigenvalue weighted by Crippen LogP contribution is -2.41. The second-order valence-electron chi connectivity index (χ2n) is 8.13. The van der Waals surface area contributed by atoms with E-state index in [1.165, 1.54) is 11.3 Å². The van der Waals surface area contributed by atoms with Gasteiger partial charge in [-0.15, -0.1) is 11.3 Å². The molecule has 0 bridgehead atoms. The molecule has 4 heterocycles. The van der Waals surface area contributed by atoms with E-state index < -0.39 is 9.84 Å². The van der Waals surface area contributed by atoms with Crippen LogP contribution in [0.25, 0.3) is 27.5 Å². The topological polar surface area (TPSA) is 94.4 Å². The summed E-state index contributed by atoms with van der Waals surface area (Å²) in [6.07, 6.45) is 1.75. The summed E-state index contributed by atoms with van der Waals surface area (Å²) in [6.45, 7) is 1.80. The minimum absolute atomic E-state index is 0.176. The molecule has 172 valence electrons. The van der Waals surface area contributed by atoms with Gasteiger partial charge >= 0.3 is 0 Å². The van der Waals surface area contributed by atoms with E-state index >= 15 is 0 Å². The van der Waals surface area contributed by atoms with Crippen molar-refractivity contribution in [3.8, 4) is 27.5 Å². The Morgan fingerprint density at radius 1 is 1.06 bits per heavy atom. The van der Waals surface area contributed by atoms with Crippen LogP contribution in [-0.4, -0.2) is 60.3 Å². The van der Waals surface area contributed by atoms with E-state index in [1.54, 1.807) is 40.0 Å². The van der Waals surface area contributed by atoms with Gasteiger partial charge in [-0.3, -0.25) is 4.79 Å². The Bertz CT molecular complexity index is 1500. The fourth-order valence-corrected chi connectivity index (χ4v) is 6.71. The van der Waals surface area contributed by atoms with E-state index in [9.17, 15) is 13.2 Å². The molecule has 2 aliphatic rings. The molecular weight excluding hydrogens is 472 g/mol. The number of hydrogen-bond acceptors (Lipinski definition) is 7. The lowest BCUT2D eigenvalue weighted by molar-refractivity contribution is 0.0298. The van der Waals surface area contributed by atoms with Crippen molar-refractivity contribution in [1.29, 1.82) is 0 Å². The third-order valence-corrected chi connectivity index (χ3v) is 8.58. The van der Waals surface area contributed by atoms with Gasteiger partial charge in [0.25, 0.3) is 5.91 Å². The highest BCUT2D eigenvalue weighted by Crippen LogP contribution is 2.41. The molecule has 1 fully saturated rings. The van der Waals surface area contributed by atoms with Crippen LogP contribution in [0.4, 0.5) is 0 Å². The minimum Gasteiger partial charge on any atom is -0.378 e. The van der Waals surface area contributed by atoms with Crippen LogP contribution in [0.15, 0.2) is 65.0 Å². The number of aromatic nitrogens is 3. The summed E-state index contributed by atoms with van der Waals surface area (Å²) >= 11 is 1.53. The van der Waals surface area contributed by atoms with Crippen molar-refractivity contribution in [2.24, 2.45) is 0 Å². The van der Waals surface area contributed by atoms with Crippen molar-refractivity contribution in [3.63, 3.8) is 0 Å². The summed E-state index contributed by atoms with van der Waals surface area (Å²) in [4.78, 5) is 19.8. The predicted octanol–water partition coefficient (Wildman–Crippen LogP) is 3.42. The average Bonchev–Trinajstić information content (AvgIpc) is 3.53. The van der Waals surface area contributed by atoms with Gasteiger partial charge in [0.05, 0.1) is 35.2 Å². The number of benzene rings is 2. The Kier molecular flexibility index (Phi) is 5.09. The number of amides is 1. The molecule has 2 aromatic heterocycles. The Labute approximate surface area is 200 Å². The van der Waals surface area contributed by atoms with Crippen molar-refractivity contribution in [1.82, 2.24) is 19.7 Å². The maximum atomic E-state index is 13.5. The summed E-state index contributed by atoms with van der Waals surface area (Å²) in [5.41, 5.74) is 3.47. The van der Waals surface area contributed by atoms with Gasteiger partial charge in [0.2, 0.25) is 0 Å². The van der Waals surface area contributed by atoms with Crippen LogP contribution in [0.3, 0.4) is 0 Å². The van der Waals surface area contributed by atoms with Crippen LogP contribution in [0.1, 0.15) is 16.1 Å². The Morgan fingerprint density at radius 3 is 2.68 bits per heavy atom. The van der Waals surface area contributed by atoms with E-state index in [4.69, 9.17) is 9.84 Å². The number of hydrogen-bond donors (Lipinski definition) is 0. The van der Waals surface area contributed by atoms with Gasteiger partial charge in [-0.05, 0) is 18.2 Å². The Morgan fingerprint density at radius 2 is 1.88 bits per heavy atom. The molecule has 2 aromatic carbocycles. The summed E-state index contributed by atoms with van der Waals surface area (Å²) in [6, 6.07) is 14.6. The average molecular weight is 493 g/mol. The van der Waals surface area contributed by atoms with Gasteiger partial charge in [0.1, 0.15) is 5.01 Å². The second kappa shape index (κ2) is 8.15. The largest absolute Gasteiger partial charge is 0.378 e. The van der Waals surface area contributed by atoms with E-state index in [-0.39, 0.29) is 22.2 Å². The van der Waals surface area contributed by atoms with Crippen LogP contribution in [0.5, 0.6) is 0 Å². The van der Waals surface area contributed by atoms with Crippen molar-refractivity contribution in [3.05, 3.63) is 71.4 Å². The number of fused-ring (bicyclic) bond motifs is 3.